The summed E-state index contributed by atoms with van der Waals surface area (Å²) < 4.78 is 60.4. The summed E-state index contributed by atoms with van der Waals surface area (Å²) >= 11 is 0.900. The Balaban J connectivity index is 1.04. The highest BCUT2D eigenvalue weighted by Crippen LogP contribution is 2.89. The standard InChI is InChI=1S/C23H25N9O12P2S/c24-18-9-8(26-4-27-18)15(47-31-9)14-12(33)13-7(42-14)2-40-46(38,39)44-23-16-6(1-22(16,23)3-41-45(36,37)43-13)11(17(23)34)32-5-28-10-19(32)29-21(25)30-20(10)35/h4-7,11-14,16-17,33-34H,1-3H2,(H,36,37)(H,38,39)(H2,24,26,27)(H3,25,29,30,35). The third kappa shape index (κ3) is 3.97. The summed E-state index contributed by atoms with van der Waals surface area (Å²) in [5.41, 5.74) is 8.70. The number of nitrogen functional groups attached to an aromatic ring is 2. The van der Waals surface area contributed by atoms with Gasteiger partial charge >= 0.3 is 15.6 Å². The molecule has 24 heteroatoms. The average molecular weight is 714 g/mol. The van der Waals surface area contributed by atoms with E-state index in [0.29, 0.717) is 4.88 Å². The largest absolute Gasteiger partial charge is 0.472 e. The highest BCUT2D eigenvalue weighted by Gasteiger charge is 2.96. The Kier molecular flexibility index (Phi) is 6.14. The van der Waals surface area contributed by atoms with Gasteiger partial charge in [0.2, 0.25) is 5.95 Å². The van der Waals surface area contributed by atoms with Crippen LogP contribution >= 0.6 is 27.2 Å². The van der Waals surface area contributed by atoms with Crippen molar-refractivity contribution in [3.8, 4) is 0 Å². The van der Waals surface area contributed by atoms with Crippen molar-refractivity contribution in [2.75, 3.05) is 24.7 Å². The lowest BCUT2D eigenvalue weighted by Gasteiger charge is -2.44. The number of H-pyrrole nitrogens is 1. The van der Waals surface area contributed by atoms with Crippen molar-refractivity contribution in [2.45, 2.75) is 48.6 Å². The molecule has 0 aromatic carbocycles. The van der Waals surface area contributed by atoms with Crippen molar-refractivity contribution in [1.82, 2.24) is 33.9 Å². The third-order valence-electron chi connectivity index (χ3n) is 10.1. The van der Waals surface area contributed by atoms with Gasteiger partial charge in [-0.1, -0.05) is 0 Å². The predicted octanol–water partition coefficient (Wildman–Crippen LogP) is -0.875. The molecule has 47 heavy (non-hydrogen) atoms. The predicted molar refractivity (Wildman–Crippen MR) is 155 cm³/mol. The molecule has 12 unspecified atom stereocenters. The summed E-state index contributed by atoms with van der Waals surface area (Å²) in [5.74, 6) is -1.12. The Morgan fingerprint density at radius 2 is 1.89 bits per heavy atom. The van der Waals surface area contributed by atoms with Crippen molar-refractivity contribution in [3.05, 3.63) is 27.9 Å². The van der Waals surface area contributed by atoms with Crippen LogP contribution in [0.4, 0.5) is 11.8 Å². The fourth-order valence-electron chi connectivity index (χ4n) is 8.25. The first-order valence-electron chi connectivity index (χ1n) is 14.2. The molecule has 3 saturated carbocycles. The number of rotatable bonds is 2. The fourth-order valence-corrected chi connectivity index (χ4v) is 11.4. The maximum Gasteiger partial charge on any atom is 0.472 e. The number of nitrogens with two attached hydrogens (primary N) is 2. The number of nitrogens with zero attached hydrogens (tertiary/aromatic N) is 6. The summed E-state index contributed by atoms with van der Waals surface area (Å²) in [4.78, 5) is 53.1. The molecule has 0 radical (unpaired) electrons. The Labute approximate surface area is 265 Å². The van der Waals surface area contributed by atoms with Crippen LogP contribution in [0, 0.1) is 17.3 Å². The smallest absolute Gasteiger partial charge is 0.388 e. The number of nitrogens with one attached hydrogen (secondary N) is 1. The third-order valence-corrected chi connectivity index (χ3v) is 12.9. The molecular weight excluding hydrogens is 688 g/mol. The number of hydrogen-bond donors (Lipinski definition) is 7. The summed E-state index contributed by atoms with van der Waals surface area (Å²) in [6, 6.07) is -0.823. The van der Waals surface area contributed by atoms with E-state index in [1.807, 2.05) is 0 Å². The molecule has 21 nitrogen and oxygen atoms in total. The van der Waals surface area contributed by atoms with E-state index in [1.165, 1.54) is 17.2 Å². The molecule has 5 aliphatic rings. The molecule has 2 aliphatic heterocycles. The first kappa shape index (κ1) is 30.1. The van der Waals surface area contributed by atoms with Crippen LogP contribution in [0.25, 0.3) is 22.2 Å². The lowest BCUT2D eigenvalue weighted by molar-refractivity contribution is -0.0979. The van der Waals surface area contributed by atoms with Crippen molar-refractivity contribution < 1.29 is 52.0 Å². The van der Waals surface area contributed by atoms with Gasteiger partial charge in [-0.3, -0.25) is 27.9 Å². The van der Waals surface area contributed by atoms with Gasteiger partial charge in [0.15, 0.2) is 17.0 Å². The highest BCUT2D eigenvalue weighted by atomic mass is 32.1. The SMILES string of the molecule is Nc1nc2c(ncn2C2C3CC45COP(=O)(O)OC6C(COP(=O)(O)OC4(C2O)C35)OC(c2snc3c(N)ncnc23)C6O)c(=O)[nH]1. The Morgan fingerprint density at radius 1 is 1.09 bits per heavy atom. The van der Waals surface area contributed by atoms with Gasteiger partial charge < -0.3 is 40.8 Å². The van der Waals surface area contributed by atoms with E-state index in [9.17, 15) is 33.9 Å². The number of aliphatic hydroxyl groups is 2. The molecule has 250 valence electrons. The Hall–Kier alpha value is -2.98. The van der Waals surface area contributed by atoms with Gasteiger partial charge in [0.05, 0.1) is 30.5 Å². The Morgan fingerprint density at radius 3 is 2.70 bits per heavy atom. The van der Waals surface area contributed by atoms with Gasteiger partial charge in [-0.05, 0) is 23.9 Å². The number of anilines is 2. The molecule has 0 amide bonds. The maximum absolute atomic E-state index is 13.5. The van der Waals surface area contributed by atoms with Gasteiger partial charge in [0.25, 0.3) is 5.56 Å². The molecule has 2 saturated heterocycles. The molecule has 5 fully saturated rings. The normalized spacial score (nSPS) is 44.3. The van der Waals surface area contributed by atoms with Gasteiger partial charge in [-0.15, -0.1) is 0 Å². The lowest BCUT2D eigenvalue weighted by atomic mass is 9.68. The van der Waals surface area contributed by atoms with Crippen molar-refractivity contribution in [1.29, 1.82) is 0 Å². The number of imidazole rings is 1. The molecule has 12 atom stereocenters. The van der Waals surface area contributed by atoms with Crippen LogP contribution in [0.5, 0.6) is 0 Å². The zero-order valence-electron chi connectivity index (χ0n) is 23.6. The van der Waals surface area contributed by atoms with Crippen LogP contribution in [0.2, 0.25) is 0 Å². The highest BCUT2D eigenvalue weighted by molar-refractivity contribution is 7.47. The van der Waals surface area contributed by atoms with Crippen LogP contribution in [0.1, 0.15) is 23.4 Å². The summed E-state index contributed by atoms with van der Waals surface area (Å²) in [6.07, 6.45) is -4.55. The molecule has 9 N–H and O–H groups in total. The van der Waals surface area contributed by atoms with Crippen LogP contribution < -0.4 is 17.0 Å². The van der Waals surface area contributed by atoms with Crippen LogP contribution in [-0.2, 0) is 32.0 Å². The van der Waals surface area contributed by atoms with Crippen molar-refractivity contribution in [3.63, 3.8) is 0 Å². The number of aromatic amines is 1. The number of phosphoric acid groups is 2. The molecule has 2 spiro atoms. The van der Waals surface area contributed by atoms with Gasteiger partial charge in [0.1, 0.15) is 53.5 Å². The number of fused-ring (bicyclic) bond motifs is 3. The van der Waals surface area contributed by atoms with E-state index >= 15 is 0 Å². The monoisotopic (exact) mass is 713 g/mol. The van der Waals surface area contributed by atoms with E-state index < -0.39 is 93.8 Å². The van der Waals surface area contributed by atoms with Gasteiger partial charge in [0, 0.05) is 11.3 Å². The first-order valence-corrected chi connectivity index (χ1v) is 18.0. The van der Waals surface area contributed by atoms with Crippen LogP contribution in [-0.4, -0.2) is 97.1 Å². The van der Waals surface area contributed by atoms with Gasteiger partial charge in [-0.25, -0.2) is 24.1 Å². The second-order valence-electron chi connectivity index (χ2n) is 12.3. The van der Waals surface area contributed by atoms with Crippen molar-refractivity contribution in [2.24, 2.45) is 17.3 Å². The minimum atomic E-state index is -5.01. The number of aliphatic hydroxyl groups excluding tert-OH is 2. The van der Waals surface area contributed by atoms with E-state index in [1.54, 1.807) is 0 Å². The zero-order chi connectivity index (χ0) is 32.8. The summed E-state index contributed by atoms with van der Waals surface area (Å²) in [5, 5.41) is 23.0. The molecule has 3 aliphatic carbocycles. The maximum atomic E-state index is 13.5. The van der Waals surface area contributed by atoms with Crippen molar-refractivity contribution >= 4 is 61.1 Å². The Bertz CT molecular complexity index is 2150. The number of hydrogen-bond acceptors (Lipinski definition) is 18. The number of phosphoric ester groups is 2. The quantitative estimate of drug-likeness (QED) is 0.124. The fraction of sp³-hybridized carbons (Fsp3) is 0.565. The second-order valence-corrected chi connectivity index (χ2v) is 15.9. The molecule has 6 heterocycles. The van der Waals surface area contributed by atoms with E-state index in [-0.39, 0.29) is 40.4 Å². The second kappa shape index (κ2) is 9.59. The summed E-state index contributed by atoms with van der Waals surface area (Å²) in [6.45, 7) is -1.25. The molecular formula is C23H25N9O12P2S. The number of aromatic nitrogens is 7. The minimum Gasteiger partial charge on any atom is -0.388 e. The molecule has 0 bridgehead atoms. The van der Waals surface area contributed by atoms with E-state index in [2.05, 4.69) is 29.3 Å². The molecule has 9 rings (SSSR count). The summed E-state index contributed by atoms with van der Waals surface area (Å²) in [7, 11) is -9.94. The van der Waals surface area contributed by atoms with Crippen LogP contribution in [0.3, 0.4) is 0 Å². The number of ether oxygens (including phenoxy) is 1. The lowest BCUT2D eigenvalue weighted by Crippen LogP contribution is -2.49. The first-order chi connectivity index (χ1) is 22.3. The molecule has 4 aromatic heterocycles. The van der Waals surface area contributed by atoms with Gasteiger partial charge in [-0.2, -0.15) is 9.36 Å². The van der Waals surface area contributed by atoms with E-state index in [0.717, 1.165) is 11.5 Å². The average Bonchev–Trinajstić information content (AvgIpc) is 3.55. The minimum absolute atomic E-state index is 0.0265. The zero-order valence-corrected chi connectivity index (χ0v) is 26.2. The van der Waals surface area contributed by atoms with Crippen LogP contribution in [0.15, 0.2) is 17.4 Å². The molecule has 4 aromatic rings. The topological polar surface area (TPSA) is 315 Å². The van der Waals surface area contributed by atoms with E-state index in [4.69, 9.17) is 34.3 Å².